The molecule has 1 amide bonds. The Morgan fingerprint density at radius 2 is 1.59 bits per heavy atom. The lowest BCUT2D eigenvalue weighted by Crippen LogP contribution is -2.67. The Bertz CT molecular complexity index is 720. The molecule has 0 saturated heterocycles. The maximum Gasteiger partial charge on any atom is 0.317 e. The SMILES string of the molecule is CCC(C)(C)C(=O)Oc1ccc(C[C@H]([NH3+])C(N)=O)cc1OC(=O)C(C)(C)C. The zero-order valence-electron chi connectivity index (χ0n) is 17.0. The van der Waals surface area contributed by atoms with Gasteiger partial charge in [-0.15, -0.1) is 0 Å². The van der Waals surface area contributed by atoms with Gasteiger partial charge in [0.1, 0.15) is 0 Å². The van der Waals surface area contributed by atoms with Crippen molar-refractivity contribution < 1.29 is 29.6 Å². The molecule has 7 heteroatoms. The smallest absolute Gasteiger partial charge is 0.317 e. The average molecular weight is 379 g/mol. The van der Waals surface area contributed by atoms with Crippen molar-refractivity contribution >= 4 is 17.8 Å². The zero-order chi connectivity index (χ0) is 21.0. The van der Waals surface area contributed by atoms with Gasteiger partial charge in [-0.25, -0.2) is 0 Å². The van der Waals surface area contributed by atoms with Crippen molar-refractivity contribution in [2.45, 2.75) is 60.4 Å². The van der Waals surface area contributed by atoms with E-state index in [2.05, 4.69) is 5.73 Å². The fourth-order valence-corrected chi connectivity index (χ4v) is 1.86. The second-order valence-electron chi connectivity index (χ2n) is 8.35. The van der Waals surface area contributed by atoms with Crippen molar-refractivity contribution in [3.8, 4) is 11.5 Å². The average Bonchev–Trinajstić information content (AvgIpc) is 2.55. The van der Waals surface area contributed by atoms with E-state index in [4.69, 9.17) is 15.2 Å². The summed E-state index contributed by atoms with van der Waals surface area (Å²) in [6.07, 6.45) is 0.882. The van der Waals surface area contributed by atoms with Gasteiger partial charge in [0.05, 0.1) is 10.8 Å². The summed E-state index contributed by atoms with van der Waals surface area (Å²) < 4.78 is 11.0. The Balaban J connectivity index is 3.22. The molecule has 0 unspecified atom stereocenters. The lowest BCUT2D eigenvalue weighted by molar-refractivity contribution is -0.402. The number of carbonyl (C=O) groups excluding carboxylic acids is 3. The van der Waals surface area contributed by atoms with Crippen LogP contribution in [0.25, 0.3) is 0 Å². The molecular formula is C20H31N2O5+. The highest BCUT2D eigenvalue weighted by Gasteiger charge is 2.30. The molecule has 0 aliphatic carbocycles. The molecule has 0 aromatic heterocycles. The van der Waals surface area contributed by atoms with Crippen molar-refractivity contribution in [3.63, 3.8) is 0 Å². The number of quaternary nitrogens is 1. The second-order valence-corrected chi connectivity index (χ2v) is 8.35. The molecule has 0 radical (unpaired) electrons. The van der Waals surface area contributed by atoms with Crippen molar-refractivity contribution in [2.24, 2.45) is 16.6 Å². The standard InChI is InChI=1S/C20H30N2O5/c1-7-20(5,6)18(25)26-14-9-8-12(10-13(21)16(22)23)11-15(14)27-17(24)19(2,3)4/h8-9,11,13H,7,10,21H2,1-6H3,(H2,22,23)/p+1/t13-/m0/s1. The minimum atomic E-state index is -0.734. The van der Waals surface area contributed by atoms with E-state index in [-0.39, 0.29) is 17.9 Å². The van der Waals surface area contributed by atoms with Gasteiger partial charge < -0.3 is 20.9 Å². The maximum absolute atomic E-state index is 12.4. The first-order valence-electron chi connectivity index (χ1n) is 8.97. The number of esters is 2. The Labute approximate surface area is 160 Å². The third-order valence-electron chi connectivity index (χ3n) is 4.35. The van der Waals surface area contributed by atoms with E-state index in [1.807, 2.05) is 6.92 Å². The van der Waals surface area contributed by atoms with Crippen LogP contribution in [-0.4, -0.2) is 23.9 Å². The largest absolute Gasteiger partial charge is 0.422 e. The Morgan fingerprint density at radius 3 is 2.07 bits per heavy atom. The number of benzene rings is 1. The maximum atomic E-state index is 12.4. The molecule has 0 heterocycles. The zero-order valence-corrected chi connectivity index (χ0v) is 17.0. The van der Waals surface area contributed by atoms with Crippen LogP contribution in [0.4, 0.5) is 0 Å². The van der Waals surface area contributed by atoms with Gasteiger partial charge in [-0.2, -0.15) is 0 Å². The molecule has 7 nitrogen and oxygen atoms in total. The summed E-state index contributed by atoms with van der Waals surface area (Å²) in [5.74, 6) is -1.12. The molecule has 1 atom stereocenters. The van der Waals surface area contributed by atoms with Gasteiger partial charge in [0.2, 0.25) is 0 Å². The normalized spacial score (nSPS) is 13.0. The van der Waals surface area contributed by atoms with Crippen molar-refractivity contribution in [1.29, 1.82) is 0 Å². The van der Waals surface area contributed by atoms with Gasteiger partial charge in [0.15, 0.2) is 17.5 Å². The molecule has 1 aromatic carbocycles. The highest BCUT2D eigenvalue weighted by molar-refractivity contribution is 5.81. The summed E-state index contributed by atoms with van der Waals surface area (Å²) in [5, 5.41) is 0. The number of amides is 1. The Morgan fingerprint density at radius 1 is 1.04 bits per heavy atom. The molecule has 0 spiro atoms. The van der Waals surface area contributed by atoms with Crippen LogP contribution >= 0.6 is 0 Å². The predicted octanol–water partition coefficient (Wildman–Crippen LogP) is 1.62. The number of rotatable bonds is 7. The summed E-state index contributed by atoms with van der Waals surface area (Å²) in [6, 6.07) is 4.20. The van der Waals surface area contributed by atoms with Gasteiger partial charge in [0.25, 0.3) is 5.91 Å². The number of hydrogen-bond donors (Lipinski definition) is 2. The molecule has 0 fully saturated rings. The van der Waals surface area contributed by atoms with E-state index in [1.165, 1.54) is 0 Å². The number of primary amides is 1. The van der Waals surface area contributed by atoms with E-state index in [1.54, 1.807) is 52.8 Å². The van der Waals surface area contributed by atoms with E-state index in [9.17, 15) is 14.4 Å². The summed E-state index contributed by atoms with van der Waals surface area (Å²) >= 11 is 0. The number of ether oxygens (including phenoxy) is 2. The molecule has 1 rings (SSSR count). The summed E-state index contributed by atoms with van der Waals surface area (Å²) in [5.41, 5.74) is 8.26. The van der Waals surface area contributed by atoms with Crippen LogP contribution in [0.15, 0.2) is 18.2 Å². The van der Waals surface area contributed by atoms with Crippen LogP contribution in [0.5, 0.6) is 11.5 Å². The van der Waals surface area contributed by atoms with Gasteiger partial charge in [0, 0.05) is 6.42 Å². The molecule has 150 valence electrons. The Kier molecular flexibility index (Phi) is 7.14. The number of hydrogen-bond acceptors (Lipinski definition) is 5. The summed E-state index contributed by atoms with van der Waals surface area (Å²) in [6.45, 7) is 10.6. The van der Waals surface area contributed by atoms with Crippen LogP contribution in [0, 0.1) is 10.8 Å². The van der Waals surface area contributed by atoms with Gasteiger partial charge in [-0.3, -0.25) is 14.4 Å². The van der Waals surface area contributed by atoms with Crippen molar-refractivity contribution in [2.75, 3.05) is 0 Å². The predicted molar refractivity (Wildman–Crippen MR) is 101 cm³/mol. The fraction of sp³-hybridized carbons (Fsp3) is 0.550. The van der Waals surface area contributed by atoms with E-state index in [0.717, 1.165) is 0 Å². The fourth-order valence-electron chi connectivity index (χ4n) is 1.86. The first-order chi connectivity index (χ1) is 12.3. The van der Waals surface area contributed by atoms with Crippen LogP contribution in [0.2, 0.25) is 0 Å². The van der Waals surface area contributed by atoms with Gasteiger partial charge in [-0.05, 0) is 58.7 Å². The minimum Gasteiger partial charge on any atom is -0.422 e. The van der Waals surface area contributed by atoms with Crippen LogP contribution < -0.4 is 20.9 Å². The highest BCUT2D eigenvalue weighted by atomic mass is 16.6. The lowest BCUT2D eigenvalue weighted by atomic mass is 9.91. The molecule has 0 aliphatic heterocycles. The molecule has 0 bridgehead atoms. The molecular weight excluding hydrogens is 348 g/mol. The Hall–Kier alpha value is -2.41. The first kappa shape index (κ1) is 22.6. The number of carbonyl (C=O) groups is 3. The molecule has 0 saturated carbocycles. The monoisotopic (exact) mass is 379 g/mol. The van der Waals surface area contributed by atoms with Crippen molar-refractivity contribution in [3.05, 3.63) is 23.8 Å². The van der Waals surface area contributed by atoms with Crippen molar-refractivity contribution in [1.82, 2.24) is 0 Å². The van der Waals surface area contributed by atoms with E-state index in [0.29, 0.717) is 12.0 Å². The topological polar surface area (TPSA) is 123 Å². The summed E-state index contributed by atoms with van der Waals surface area (Å²) in [7, 11) is 0. The van der Waals surface area contributed by atoms with E-state index >= 15 is 0 Å². The highest BCUT2D eigenvalue weighted by Crippen LogP contribution is 2.33. The van der Waals surface area contributed by atoms with Crippen LogP contribution in [0.1, 0.15) is 53.5 Å². The molecule has 1 aromatic rings. The summed E-state index contributed by atoms with van der Waals surface area (Å²) in [4.78, 5) is 36.0. The lowest BCUT2D eigenvalue weighted by Gasteiger charge is -2.22. The number of nitrogens with two attached hydrogens (primary N) is 1. The first-order valence-corrected chi connectivity index (χ1v) is 8.97. The van der Waals surface area contributed by atoms with Crippen LogP contribution in [-0.2, 0) is 20.8 Å². The second kappa shape index (κ2) is 8.52. The molecule has 0 aliphatic rings. The van der Waals surface area contributed by atoms with E-state index < -0.39 is 34.7 Å². The van der Waals surface area contributed by atoms with Gasteiger partial charge >= 0.3 is 11.9 Å². The third-order valence-corrected chi connectivity index (χ3v) is 4.35. The minimum absolute atomic E-state index is 0.129. The quantitative estimate of drug-likeness (QED) is 0.550. The molecule has 27 heavy (non-hydrogen) atoms. The van der Waals surface area contributed by atoms with Gasteiger partial charge in [-0.1, -0.05) is 13.0 Å². The third kappa shape index (κ3) is 6.36. The van der Waals surface area contributed by atoms with Crippen LogP contribution in [0.3, 0.4) is 0 Å². The molecule has 5 N–H and O–H groups in total.